The summed E-state index contributed by atoms with van der Waals surface area (Å²) in [5, 5.41) is 11.1. The molecule has 1 aliphatic rings. The van der Waals surface area contributed by atoms with Crippen molar-refractivity contribution < 1.29 is 24.2 Å². The highest BCUT2D eigenvalue weighted by molar-refractivity contribution is 5.82. The molecule has 0 radical (unpaired) electrons. The predicted octanol–water partition coefficient (Wildman–Crippen LogP) is 11.5. The van der Waals surface area contributed by atoms with E-state index in [1.54, 1.807) is 4.90 Å². The first-order chi connectivity index (χ1) is 24.6. The molecule has 0 unspecified atom stereocenters. The van der Waals surface area contributed by atoms with Crippen LogP contribution in [0.2, 0.25) is 0 Å². The third-order valence-electron chi connectivity index (χ3n) is 9.31. The van der Waals surface area contributed by atoms with Crippen LogP contribution in [0.3, 0.4) is 0 Å². The molecule has 1 heterocycles. The summed E-state index contributed by atoms with van der Waals surface area (Å²) in [5.74, 6) is -0.227. The van der Waals surface area contributed by atoms with Crippen LogP contribution in [-0.2, 0) is 14.3 Å². The van der Waals surface area contributed by atoms with Crippen LogP contribution in [0.1, 0.15) is 168 Å². The van der Waals surface area contributed by atoms with Gasteiger partial charge in [0.1, 0.15) is 18.8 Å². The van der Waals surface area contributed by atoms with Gasteiger partial charge in [0.05, 0.1) is 0 Å². The van der Waals surface area contributed by atoms with Crippen LogP contribution in [-0.4, -0.2) is 67.1 Å². The van der Waals surface area contributed by atoms with Gasteiger partial charge in [-0.3, -0.25) is 4.79 Å². The van der Waals surface area contributed by atoms with Gasteiger partial charge in [-0.25, -0.2) is 4.79 Å². The van der Waals surface area contributed by atoms with E-state index in [9.17, 15) is 9.59 Å². The lowest BCUT2D eigenvalue weighted by molar-refractivity contribution is -0.129. The van der Waals surface area contributed by atoms with Crippen LogP contribution >= 0.6 is 0 Å². The standard InChI is InChI=1S/C43H76N2O5/c1-3-5-7-9-11-13-15-17-19-21-23-25-27-29-31-33-35-49-40-38-45(42(46)37-44-43(47)48)39-41(40)50-36-34-32-30-28-26-24-22-20-18-16-14-12-10-8-6-4-2/h11-14,17-20,40-41,44H,3-10,15-16,21-39H2,1-2H3,(H,47,48)/b13-11-,14-12-,19-17-,20-18-/t40-,41-/m1/s1. The van der Waals surface area contributed by atoms with Gasteiger partial charge in [0.25, 0.3) is 0 Å². The van der Waals surface area contributed by atoms with Crippen molar-refractivity contribution in [2.75, 3.05) is 32.8 Å². The smallest absolute Gasteiger partial charge is 0.405 e. The van der Waals surface area contributed by atoms with Crippen molar-refractivity contribution in [1.29, 1.82) is 0 Å². The molecule has 0 bridgehead atoms. The number of unbranched alkanes of at least 4 members (excludes halogenated alkanes) is 18. The molecule has 2 amide bonds. The van der Waals surface area contributed by atoms with Crippen molar-refractivity contribution in [2.24, 2.45) is 0 Å². The number of ether oxygens (including phenoxy) is 2. The predicted molar refractivity (Wildman–Crippen MR) is 211 cm³/mol. The number of carbonyl (C=O) groups excluding carboxylic acids is 1. The second-order valence-corrected chi connectivity index (χ2v) is 13.9. The molecule has 7 nitrogen and oxygen atoms in total. The van der Waals surface area contributed by atoms with Crippen molar-refractivity contribution >= 4 is 12.0 Å². The molecule has 1 rings (SSSR count). The maximum atomic E-state index is 12.6. The third-order valence-corrected chi connectivity index (χ3v) is 9.31. The summed E-state index contributed by atoms with van der Waals surface area (Å²) < 4.78 is 12.5. The molecule has 0 aromatic carbocycles. The van der Waals surface area contributed by atoms with E-state index in [2.05, 4.69) is 67.8 Å². The van der Waals surface area contributed by atoms with E-state index < -0.39 is 6.09 Å². The van der Waals surface area contributed by atoms with E-state index in [1.165, 1.54) is 116 Å². The highest BCUT2D eigenvalue weighted by Crippen LogP contribution is 2.19. The largest absolute Gasteiger partial charge is 0.465 e. The molecule has 2 N–H and O–H groups in total. The number of carbonyl (C=O) groups is 2. The summed E-state index contributed by atoms with van der Waals surface area (Å²) in [6, 6.07) is 0. The van der Waals surface area contributed by atoms with Gasteiger partial charge >= 0.3 is 6.09 Å². The summed E-state index contributed by atoms with van der Waals surface area (Å²) in [4.78, 5) is 25.1. The normalized spacial score (nSPS) is 16.6. The second-order valence-electron chi connectivity index (χ2n) is 13.9. The van der Waals surface area contributed by atoms with Gasteiger partial charge in [0.15, 0.2) is 0 Å². The fourth-order valence-electron chi connectivity index (χ4n) is 6.18. The number of hydrogen-bond acceptors (Lipinski definition) is 4. The molecule has 0 aromatic heterocycles. The molecule has 288 valence electrons. The molecule has 1 saturated heterocycles. The average molecular weight is 701 g/mol. The number of allylic oxidation sites excluding steroid dienone is 8. The first kappa shape index (κ1) is 45.6. The van der Waals surface area contributed by atoms with E-state index in [1.807, 2.05) is 0 Å². The third kappa shape index (κ3) is 28.3. The van der Waals surface area contributed by atoms with Crippen LogP contribution in [0.4, 0.5) is 4.79 Å². The van der Waals surface area contributed by atoms with E-state index in [0.29, 0.717) is 26.3 Å². The SMILES string of the molecule is CCCCC/C=C\C/C=C\CCCCCCCCO[C@@H]1CN(C(=O)CNC(=O)O)C[C@H]1OCCCCCCCC/C=C\C/C=C\CCCCC. The molecule has 0 aliphatic carbocycles. The molecule has 0 saturated carbocycles. The van der Waals surface area contributed by atoms with Gasteiger partial charge in [0, 0.05) is 26.3 Å². The molecule has 1 aliphatic heterocycles. The number of nitrogens with one attached hydrogen (secondary N) is 1. The highest BCUT2D eigenvalue weighted by atomic mass is 16.5. The molecule has 2 atom stereocenters. The van der Waals surface area contributed by atoms with Gasteiger partial charge in [-0.1, -0.05) is 140 Å². The monoisotopic (exact) mass is 701 g/mol. The Hall–Kier alpha value is -2.38. The molecular weight excluding hydrogens is 624 g/mol. The van der Waals surface area contributed by atoms with Crippen molar-refractivity contribution in [3.63, 3.8) is 0 Å². The Morgan fingerprint density at radius 1 is 0.560 bits per heavy atom. The van der Waals surface area contributed by atoms with Crippen LogP contribution in [0.15, 0.2) is 48.6 Å². The molecule has 1 fully saturated rings. The van der Waals surface area contributed by atoms with Crippen molar-refractivity contribution in [1.82, 2.24) is 10.2 Å². The number of rotatable bonds is 34. The Bertz CT molecular complexity index is 857. The molecule has 7 heteroatoms. The summed E-state index contributed by atoms with van der Waals surface area (Å²) in [5.41, 5.74) is 0. The number of amides is 2. The van der Waals surface area contributed by atoms with Crippen LogP contribution in [0, 0.1) is 0 Å². The second kappa shape index (κ2) is 35.0. The van der Waals surface area contributed by atoms with E-state index in [4.69, 9.17) is 14.6 Å². The lowest BCUT2D eigenvalue weighted by Crippen LogP contribution is -2.39. The van der Waals surface area contributed by atoms with Gasteiger partial charge in [0.2, 0.25) is 5.91 Å². The van der Waals surface area contributed by atoms with Gasteiger partial charge in [-0.05, 0) is 77.0 Å². The Labute approximate surface area is 307 Å². The van der Waals surface area contributed by atoms with Gasteiger partial charge in [-0.15, -0.1) is 0 Å². The lowest BCUT2D eigenvalue weighted by Gasteiger charge is -2.19. The summed E-state index contributed by atoms with van der Waals surface area (Å²) in [7, 11) is 0. The zero-order valence-corrected chi connectivity index (χ0v) is 32.3. The number of likely N-dealkylation sites (tertiary alicyclic amines) is 1. The summed E-state index contributed by atoms with van der Waals surface area (Å²) in [6.45, 7) is 6.52. The number of carboxylic acid groups (broad SMARTS) is 1. The summed E-state index contributed by atoms with van der Waals surface area (Å²) >= 11 is 0. The minimum Gasteiger partial charge on any atom is -0.465 e. The Kier molecular flexibility index (Phi) is 32.0. The Morgan fingerprint density at radius 2 is 0.920 bits per heavy atom. The van der Waals surface area contributed by atoms with E-state index in [-0.39, 0.29) is 24.7 Å². The quantitative estimate of drug-likeness (QED) is 0.0515. The first-order valence-corrected chi connectivity index (χ1v) is 20.7. The molecule has 50 heavy (non-hydrogen) atoms. The van der Waals surface area contributed by atoms with Crippen LogP contribution < -0.4 is 5.32 Å². The maximum Gasteiger partial charge on any atom is 0.405 e. The van der Waals surface area contributed by atoms with E-state index in [0.717, 1.165) is 38.5 Å². The lowest BCUT2D eigenvalue weighted by atomic mass is 10.1. The number of hydrogen-bond donors (Lipinski definition) is 2. The van der Waals surface area contributed by atoms with Crippen molar-refractivity contribution in [3.05, 3.63) is 48.6 Å². The van der Waals surface area contributed by atoms with Gasteiger partial charge < -0.3 is 24.8 Å². The minimum atomic E-state index is -1.19. The fraction of sp³-hybridized carbons (Fsp3) is 0.767. The Morgan fingerprint density at radius 3 is 1.30 bits per heavy atom. The first-order valence-electron chi connectivity index (χ1n) is 20.7. The van der Waals surface area contributed by atoms with Crippen molar-refractivity contribution in [2.45, 2.75) is 180 Å². The van der Waals surface area contributed by atoms with Crippen molar-refractivity contribution in [3.8, 4) is 0 Å². The zero-order chi connectivity index (χ0) is 36.2. The Balaban J connectivity index is 2.17. The topological polar surface area (TPSA) is 88.1 Å². The average Bonchev–Trinajstić information content (AvgIpc) is 3.52. The molecule has 0 aromatic rings. The van der Waals surface area contributed by atoms with Gasteiger partial charge in [-0.2, -0.15) is 0 Å². The molecule has 0 spiro atoms. The number of nitrogens with zero attached hydrogens (tertiary/aromatic N) is 1. The molecular formula is C43H76N2O5. The van der Waals surface area contributed by atoms with Crippen LogP contribution in [0.5, 0.6) is 0 Å². The van der Waals surface area contributed by atoms with Crippen LogP contribution in [0.25, 0.3) is 0 Å². The maximum absolute atomic E-state index is 12.6. The minimum absolute atomic E-state index is 0.161. The highest BCUT2D eigenvalue weighted by Gasteiger charge is 2.36. The zero-order valence-electron chi connectivity index (χ0n) is 32.3. The van der Waals surface area contributed by atoms with E-state index >= 15 is 0 Å². The summed E-state index contributed by atoms with van der Waals surface area (Å²) in [6.07, 6.45) is 46.0. The fourth-order valence-corrected chi connectivity index (χ4v) is 6.18.